The number of hydrogen-bond donors (Lipinski definition) is 1. The summed E-state index contributed by atoms with van der Waals surface area (Å²) in [5.74, 6) is -0.216. The predicted molar refractivity (Wildman–Crippen MR) is 92.5 cm³/mol. The number of carbonyl (C=O) groups excluding carboxylic acids is 1. The largest absolute Gasteiger partial charge is 0.334 e. The van der Waals surface area contributed by atoms with Gasteiger partial charge in [-0.05, 0) is 17.0 Å². The van der Waals surface area contributed by atoms with Gasteiger partial charge in [-0.1, -0.05) is 49.4 Å². The predicted octanol–water partition coefficient (Wildman–Crippen LogP) is 3.60. The molecular formula is C18H22N2OS. The lowest BCUT2D eigenvalue weighted by molar-refractivity contribution is -0.135. The Bertz CT molecular complexity index is 595. The molecule has 0 bridgehead atoms. The van der Waals surface area contributed by atoms with Crippen LogP contribution < -0.4 is 5.73 Å². The second-order valence-corrected chi connectivity index (χ2v) is 6.34. The zero-order chi connectivity index (χ0) is 15.9. The molecule has 1 aromatic carbocycles. The van der Waals surface area contributed by atoms with Crippen molar-refractivity contribution in [2.75, 3.05) is 6.54 Å². The lowest BCUT2D eigenvalue weighted by Gasteiger charge is -2.27. The molecule has 1 amide bonds. The van der Waals surface area contributed by atoms with Gasteiger partial charge in [-0.3, -0.25) is 4.79 Å². The third-order valence-electron chi connectivity index (χ3n) is 3.70. The molecule has 116 valence electrons. The summed E-state index contributed by atoms with van der Waals surface area (Å²) in [6.07, 6.45) is 1.76. The number of thiophene rings is 1. The molecule has 2 aromatic rings. The Kier molecular flexibility index (Phi) is 5.92. The van der Waals surface area contributed by atoms with E-state index in [2.05, 4.69) is 6.58 Å². The Morgan fingerprint density at radius 3 is 2.64 bits per heavy atom. The van der Waals surface area contributed by atoms with Crippen LogP contribution in [0.25, 0.3) is 0 Å². The SMILES string of the molecule is C=CCN(Cc1cccs1)C(=O)C(C)C(N)c1ccccc1. The summed E-state index contributed by atoms with van der Waals surface area (Å²) in [6, 6.07) is 13.5. The Morgan fingerprint density at radius 2 is 2.05 bits per heavy atom. The number of carbonyl (C=O) groups is 1. The standard InChI is InChI=1S/C18H22N2OS/c1-3-11-20(13-16-10-7-12-22-16)18(21)14(2)17(19)15-8-5-4-6-9-15/h3-10,12,14,17H,1,11,13,19H2,2H3. The average Bonchev–Trinajstić information content (AvgIpc) is 3.06. The van der Waals surface area contributed by atoms with Gasteiger partial charge >= 0.3 is 0 Å². The van der Waals surface area contributed by atoms with E-state index in [9.17, 15) is 4.79 Å². The van der Waals surface area contributed by atoms with Gasteiger partial charge in [-0.25, -0.2) is 0 Å². The van der Waals surface area contributed by atoms with E-state index in [1.54, 1.807) is 17.4 Å². The van der Waals surface area contributed by atoms with Crippen LogP contribution in [-0.4, -0.2) is 17.4 Å². The fraction of sp³-hybridized carbons (Fsp3) is 0.278. The van der Waals surface area contributed by atoms with Crippen molar-refractivity contribution < 1.29 is 4.79 Å². The quantitative estimate of drug-likeness (QED) is 0.794. The molecule has 0 saturated heterocycles. The first-order chi connectivity index (χ1) is 10.6. The normalized spacial score (nSPS) is 13.4. The van der Waals surface area contributed by atoms with E-state index in [-0.39, 0.29) is 17.9 Å². The maximum atomic E-state index is 12.8. The Balaban J connectivity index is 2.10. The molecule has 4 heteroatoms. The minimum Gasteiger partial charge on any atom is -0.334 e. The highest BCUT2D eigenvalue weighted by atomic mass is 32.1. The second kappa shape index (κ2) is 7.92. The summed E-state index contributed by atoms with van der Waals surface area (Å²) in [5.41, 5.74) is 7.26. The summed E-state index contributed by atoms with van der Waals surface area (Å²) in [4.78, 5) is 15.8. The van der Waals surface area contributed by atoms with E-state index < -0.39 is 0 Å². The van der Waals surface area contributed by atoms with Crippen molar-refractivity contribution in [3.05, 3.63) is 70.9 Å². The molecule has 1 heterocycles. The van der Waals surface area contributed by atoms with Gasteiger partial charge in [-0.15, -0.1) is 17.9 Å². The van der Waals surface area contributed by atoms with Crippen molar-refractivity contribution >= 4 is 17.2 Å². The van der Waals surface area contributed by atoms with Crippen molar-refractivity contribution in [1.82, 2.24) is 4.90 Å². The van der Waals surface area contributed by atoms with Gasteiger partial charge in [0.05, 0.1) is 12.5 Å². The molecular weight excluding hydrogens is 292 g/mol. The van der Waals surface area contributed by atoms with Crippen LogP contribution in [0.3, 0.4) is 0 Å². The van der Waals surface area contributed by atoms with Crippen molar-refractivity contribution in [3.8, 4) is 0 Å². The monoisotopic (exact) mass is 314 g/mol. The van der Waals surface area contributed by atoms with E-state index in [0.29, 0.717) is 13.1 Å². The summed E-state index contributed by atoms with van der Waals surface area (Å²) in [6.45, 7) is 6.78. The van der Waals surface area contributed by atoms with Gasteiger partial charge in [0.1, 0.15) is 0 Å². The zero-order valence-corrected chi connectivity index (χ0v) is 13.6. The third-order valence-corrected chi connectivity index (χ3v) is 4.56. The molecule has 3 nitrogen and oxygen atoms in total. The summed E-state index contributed by atoms with van der Waals surface area (Å²) in [5, 5.41) is 2.02. The minimum atomic E-state index is -0.302. The molecule has 0 aliphatic carbocycles. The molecule has 0 fully saturated rings. The van der Waals surface area contributed by atoms with Crippen LogP contribution in [0.15, 0.2) is 60.5 Å². The van der Waals surface area contributed by atoms with Crippen molar-refractivity contribution in [3.63, 3.8) is 0 Å². The van der Waals surface area contributed by atoms with Gasteiger partial charge in [0.25, 0.3) is 0 Å². The highest BCUT2D eigenvalue weighted by Crippen LogP contribution is 2.22. The first-order valence-corrected chi connectivity index (χ1v) is 8.24. The van der Waals surface area contributed by atoms with Crippen LogP contribution in [0, 0.1) is 5.92 Å². The van der Waals surface area contributed by atoms with Crippen molar-refractivity contribution in [2.24, 2.45) is 11.7 Å². The van der Waals surface area contributed by atoms with E-state index in [4.69, 9.17) is 5.73 Å². The maximum absolute atomic E-state index is 12.8. The van der Waals surface area contributed by atoms with Crippen LogP contribution in [0.4, 0.5) is 0 Å². The number of benzene rings is 1. The third kappa shape index (κ3) is 4.06. The molecule has 0 spiro atoms. The number of nitrogens with two attached hydrogens (primary N) is 1. The van der Waals surface area contributed by atoms with E-state index in [1.165, 1.54) is 0 Å². The van der Waals surface area contributed by atoms with E-state index in [1.807, 2.05) is 59.7 Å². The van der Waals surface area contributed by atoms with Crippen LogP contribution in [0.5, 0.6) is 0 Å². The molecule has 2 rings (SSSR count). The molecule has 2 N–H and O–H groups in total. The smallest absolute Gasteiger partial charge is 0.227 e. The number of nitrogens with zero attached hydrogens (tertiary/aromatic N) is 1. The summed E-state index contributed by atoms with van der Waals surface area (Å²) in [7, 11) is 0. The molecule has 0 saturated carbocycles. The van der Waals surface area contributed by atoms with Crippen molar-refractivity contribution in [2.45, 2.75) is 19.5 Å². The second-order valence-electron chi connectivity index (χ2n) is 5.31. The van der Waals surface area contributed by atoms with Gasteiger partial charge in [0.2, 0.25) is 5.91 Å². The highest BCUT2D eigenvalue weighted by Gasteiger charge is 2.26. The van der Waals surface area contributed by atoms with Crippen molar-refractivity contribution in [1.29, 1.82) is 0 Å². The molecule has 0 aliphatic heterocycles. The topological polar surface area (TPSA) is 46.3 Å². The Hall–Kier alpha value is -1.91. The minimum absolute atomic E-state index is 0.0599. The van der Waals surface area contributed by atoms with Gasteiger partial charge in [-0.2, -0.15) is 0 Å². The van der Waals surface area contributed by atoms with Gasteiger partial charge in [0.15, 0.2) is 0 Å². The Labute approximate surface area is 136 Å². The fourth-order valence-corrected chi connectivity index (χ4v) is 3.10. The summed E-state index contributed by atoms with van der Waals surface area (Å²) >= 11 is 1.65. The molecule has 2 unspecified atom stereocenters. The van der Waals surface area contributed by atoms with E-state index in [0.717, 1.165) is 10.4 Å². The van der Waals surface area contributed by atoms with Crippen LogP contribution in [0.2, 0.25) is 0 Å². The van der Waals surface area contributed by atoms with E-state index >= 15 is 0 Å². The van der Waals surface area contributed by atoms with Crippen LogP contribution in [-0.2, 0) is 11.3 Å². The molecule has 0 aliphatic rings. The van der Waals surface area contributed by atoms with Crippen LogP contribution in [0.1, 0.15) is 23.4 Å². The first kappa shape index (κ1) is 16.5. The van der Waals surface area contributed by atoms with Crippen LogP contribution >= 0.6 is 11.3 Å². The zero-order valence-electron chi connectivity index (χ0n) is 12.8. The highest BCUT2D eigenvalue weighted by molar-refractivity contribution is 7.09. The molecule has 2 atom stereocenters. The molecule has 0 radical (unpaired) electrons. The molecule has 22 heavy (non-hydrogen) atoms. The maximum Gasteiger partial charge on any atom is 0.227 e. The molecule has 1 aromatic heterocycles. The average molecular weight is 314 g/mol. The van der Waals surface area contributed by atoms with Gasteiger partial charge in [0, 0.05) is 17.5 Å². The number of hydrogen-bond acceptors (Lipinski definition) is 3. The number of rotatable bonds is 7. The Morgan fingerprint density at radius 1 is 1.32 bits per heavy atom. The first-order valence-electron chi connectivity index (χ1n) is 7.36. The lowest BCUT2D eigenvalue weighted by atomic mass is 9.94. The number of amides is 1. The van der Waals surface area contributed by atoms with Gasteiger partial charge < -0.3 is 10.6 Å². The fourth-order valence-electron chi connectivity index (χ4n) is 2.38. The lowest BCUT2D eigenvalue weighted by Crippen LogP contribution is -2.39. The summed E-state index contributed by atoms with van der Waals surface area (Å²) < 4.78 is 0.